The molecular formula is C12H15N3O5. The van der Waals surface area contributed by atoms with Crippen LogP contribution in [0.25, 0.3) is 0 Å². The Labute approximate surface area is 115 Å². The molecule has 0 amide bonds. The molecule has 0 aromatic carbocycles. The van der Waals surface area contributed by atoms with Gasteiger partial charge in [0.15, 0.2) is 6.10 Å². The predicted molar refractivity (Wildman–Crippen MR) is 69.6 cm³/mol. The summed E-state index contributed by atoms with van der Waals surface area (Å²) in [5.74, 6) is -0.239. The number of morpholine rings is 1. The van der Waals surface area contributed by atoms with Crippen molar-refractivity contribution >= 4 is 17.5 Å². The third kappa shape index (κ3) is 2.85. The molecule has 0 bridgehead atoms. The van der Waals surface area contributed by atoms with Gasteiger partial charge in [-0.15, -0.1) is 0 Å². The van der Waals surface area contributed by atoms with Crippen molar-refractivity contribution in [2.75, 3.05) is 31.7 Å². The first kappa shape index (κ1) is 14.2. The van der Waals surface area contributed by atoms with E-state index in [1.807, 2.05) is 0 Å². The van der Waals surface area contributed by atoms with Crippen molar-refractivity contribution in [3.05, 3.63) is 27.9 Å². The number of hydrogen-bond acceptors (Lipinski definition) is 7. The van der Waals surface area contributed by atoms with Gasteiger partial charge < -0.3 is 14.4 Å². The highest BCUT2D eigenvalue weighted by Gasteiger charge is 2.31. The van der Waals surface area contributed by atoms with E-state index in [0.717, 1.165) is 0 Å². The number of methoxy groups -OCH3 is 1. The first-order valence-electron chi connectivity index (χ1n) is 6.09. The Bertz CT molecular complexity index is 534. The fourth-order valence-electron chi connectivity index (χ4n) is 2.03. The number of pyridine rings is 1. The van der Waals surface area contributed by atoms with E-state index < -0.39 is 17.0 Å². The largest absolute Gasteiger partial charge is 0.467 e. The molecule has 20 heavy (non-hydrogen) atoms. The second kappa shape index (κ2) is 5.83. The zero-order chi connectivity index (χ0) is 14.7. The number of ether oxygens (including phenoxy) is 2. The van der Waals surface area contributed by atoms with Gasteiger partial charge in [-0.1, -0.05) is 0 Å². The Hall–Kier alpha value is -2.22. The number of aromatic nitrogens is 1. The average molecular weight is 281 g/mol. The van der Waals surface area contributed by atoms with E-state index in [0.29, 0.717) is 12.2 Å². The van der Waals surface area contributed by atoms with E-state index in [2.05, 4.69) is 9.72 Å². The number of carbonyl (C=O) groups excluding carboxylic acids is 1. The van der Waals surface area contributed by atoms with Crippen LogP contribution < -0.4 is 4.90 Å². The summed E-state index contributed by atoms with van der Waals surface area (Å²) in [7, 11) is 1.28. The van der Waals surface area contributed by atoms with Gasteiger partial charge in [0, 0.05) is 18.3 Å². The molecule has 2 heterocycles. The van der Waals surface area contributed by atoms with E-state index >= 15 is 0 Å². The van der Waals surface area contributed by atoms with Crippen LogP contribution in [0.3, 0.4) is 0 Å². The molecule has 1 atom stereocenters. The van der Waals surface area contributed by atoms with Gasteiger partial charge >= 0.3 is 11.7 Å². The first-order valence-corrected chi connectivity index (χ1v) is 6.09. The van der Waals surface area contributed by atoms with Crippen LogP contribution in [-0.4, -0.2) is 48.8 Å². The smallest absolute Gasteiger partial charge is 0.336 e. The fraction of sp³-hybridized carbons (Fsp3) is 0.500. The van der Waals surface area contributed by atoms with Crippen LogP contribution in [0.5, 0.6) is 0 Å². The topological polar surface area (TPSA) is 94.8 Å². The maximum atomic E-state index is 11.5. The van der Waals surface area contributed by atoms with Gasteiger partial charge in [0.1, 0.15) is 0 Å². The highest BCUT2D eigenvalue weighted by atomic mass is 16.6. The zero-order valence-corrected chi connectivity index (χ0v) is 11.2. The Morgan fingerprint density at radius 2 is 2.35 bits per heavy atom. The van der Waals surface area contributed by atoms with E-state index in [4.69, 9.17) is 4.74 Å². The molecule has 0 radical (unpaired) electrons. The molecule has 2 rings (SSSR count). The number of carbonyl (C=O) groups is 1. The summed E-state index contributed by atoms with van der Waals surface area (Å²) < 4.78 is 9.93. The number of anilines is 1. The highest BCUT2D eigenvalue weighted by Crippen LogP contribution is 2.27. The van der Waals surface area contributed by atoms with Crippen molar-refractivity contribution in [2.24, 2.45) is 0 Å². The summed E-state index contributed by atoms with van der Waals surface area (Å²) in [6.07, 6.45) is -0.754. The number of hydrogen-bond donors (Lipinski definition) is 0. The number of rotatable bonds is 3. The lowest BCUT2D eigenvalue weighted by atomic mass is 10.2. The summed E-state index contributed by atoms with van der Waals surface area (Å²) in [6.45, 7) is 2.66. The molecule has 1 unspecified atom stereocenters. The van der Waals surface area contributed by atoms with E-state index in [1.165, 1.54) is 13.2 Å². The summed E-state index contributed by atoms with van der Waals surface area (Å²) in [4.78, 5) is 28.0. The maximum Gasteiger partial charge on any atom is 0.336 e. The molecule has 1 aliphatic rings. The molecular weight excluding hydrogens is 266 g/mol. The van der Waals surface area contributed by atoms with Gasteiger partial charge in [-0.05, 0) is 13.0 Å². The van der Waals surface area contributed by atoms with E-state index in [9.17, 15) is 14.9 Å². The summed E-state index contributed by atoms with van der Waals surface area (Å²) in [6, 6.07) is 3.00. The molecule has 1 aromatic rings. The normalized spacial score (nSPS) is 18.7. The minimum Gasteiger partial charge on any atom is -0.467 e. The zero-order valence-electron chi connectivity index (χ0n) is 11.2. The van der Waals surface area contributed by atoms with Crippen LogP contribution in [0.1, 0.15) is 5.69 Å². The Balaban J connectivity index is 2.28. The molecule has 108 valence electrons. The molecule has 0 spiro atoms. The molecule has 1 aliphatic heterocycles. The van der Waals surface area contributed by atoms with Gasteiger partial charge in [0.25, 0.3) is 0 Å². The Morgan fingerprint density at radius 3 is 3.00 bits per heavy atom. The van der Waals surface area contributed by atoms with Crippen molar-refractivity contribution in [1.29, 1.82) is 0 Å². The molecule has 0 aliphatic carbocycles. The minimum atomic E-state index is -0.754. The summed E-state index contributed by atoms with van der Waals surface area (Å²) in [5, 5.41) is 11.1. The SMILES string of the molecule is COC(=O)C1CN(c2nc(C)ccc2[N+](=O)[O-])CCO1. The van der Waals surface area contributed by atoms with Gasteiger partial charge in [-0.3, -0.25) is 10.1 Å². The number of esters is 1. The van der Waals surface area contributed by atoms with Gasteiger partial charge in [0.05, 0.1) is 25.2 Å². The second-order valence-corrected chi connectivity index (χ2v) is 4.38. The van der Waals surface area contributed by atoms with Crippen molar-refractivity contribution in [3.8, 4) is 0 Å². The third-order valence-corrected chi connectivity index (χ3v) is 3.02. The van der Waals surface area contributed by atoms with Crippen LogP contribution in [-0.2, 0) is 14.3 Å². The maximum absolute atomic E-state index is 11.5. The minimum absolute atomic E-state index is 0.0823. The van der Waals surface area contributed by atoms with Crippen molar-refractivity contribution in [3.63, 3.8) is 0 Å². The van der Waals surface area contributed by atoms with Crippen LogP contribution >= 0.6 is 0 Å². The molecule has 1 saturated heterocycles. The second-order valence-electron chi connectivity index (χ2n) is 4.38. The quantitative estimate of drug-likeness (QED) is 0.456. The van der Waals surface area contributed by atoms with Crippen LogP contribution in [0.15, 0.2) is 12.1 Å². The third-order valence-electron chi connectivity index (χ3n) is 3.02. The number of nitrogens with zero attached hydrogens (tertiary/aromatic N) is 3. The molecule has 8 nitrogen and oxygen atoms in total. The molecule has 8 heteroatoms. The Kier molecular flexibility index (Phi) is 4.14. The van der Waals surface area contributed by atoms with E-state index in [-0.39, 0.29) is 24.7 Å². The summed E-state index contributed by atoms with van der Waals surface area (Å²) >= 11 is 0. The lowest BCUT2D eigenvalue weighted by molar-refractivity contribution is -0.384. The van der Waals surface area contributed by atoms with Crippen molar-refractivity contribution < 1.29 is 19.2 Å². The van der Waals surface area contributed by atoms with Crippen molar-refractivity contribution in [2.45, 2.75) is 13.0 Å². The molecule has 0 N–H and O–H groups in total. The Morgan fingerprint density at radius 1 is 1.60 bits per heavy atom. The number of aryl methyl sites for hydroxylation is 1. The predicted octanol–water partition coefficient (Wildman–Crippen LogP) is 0.676. The first-order chi connectivity index (χ1) is 9.52. The summed E-state index contributed by atoms with van der Waals surface area (Å²) in [5.41, 5.74) is 0.591. The molecule has 1 aromatic heterocycles. The molecule has 1 fully saturated rings. The van der Waals surface area contributed by atoms with Crippen LogP contribution in [0, 0.1) is 17.0 Å². The average Bonchev–Trinajstić information content (AvgIpc) is 2.46. The monoisotopic (exact) mass is 281 g/mol. The van der Waals surface area contributed by atoms with Crippen LogP contribution in [0.2, 0.25) is 0 Å². The standard InChI is InChI=1S/C12H15N3O5/c1-8-3-4-9(15(17)18)11(13-8)14-5-6-20-10(7-14)12(16)19-2/h3-4,10H,5-7H2,1-2H3. The number of nitro groups is 1. The van der Waals surface area contributed by atoms with Gasteiger partial charge in [-0.2, -0.15) is 0 Å². The van der Waals surface area contributed by atoms with Crippen LogP contribution in [0.4, 0.5) is 11.5 Å². The van der Waals surface area contributed by atoms with Crippen molar-refractivity contribution in [1.82, 2.24) is 4.98 Å². The van der Waals surface area contributed by atoms with Gasteiger partial charge in [0.2, 0.25) is 5.82 Å². The van der Waals surface area contributed by atoms with E-state index in [1.54, 1.807) is 17.9 Å². The molecule has 0 saturated carbocycles. The highest BCUT2D eigenvalue weighted by molar-refractivity contribution is 5.76. The lowest BCUT2D eigenvalue weighted by Crippen LogP contribution is -2.47. The van der Waals surface area contributed by atoms with Gasteiger partial charge in [-0.25, -0.2) is 9.78 Å². The lowest BCUT2D eigenvalue weighted by Gasteiger charge is -2.32. The fourth-order valence-corrected chi connectivity index (χ4v) is 2.03.